The monoisotopic (exact) mass is 283 g/mol. The van der Waals surface area contributed by atoms with Crippen LogP contribution in [0.5, 0.6) is 0 Å². The summed E-state index contributed by atoms with van der Waals surface area (Å²) in [5.41, 5.74) is -0.737. The molecular formula is C12H14F5NO. The smallest absolute Gasteiger partial charge is 0.392 e. The second-order valence-electron chi connectivity index (χ2n) is 4.10. The summed E-state index contributed by atoms with van der Waals surface area (Å²) < 4.78 is 64.6. The molecule has 2 nitrogen and oxygen atoms in total. The van der Waals surface area contributed by atoms with Gasteiger partial charge in [0.1, 0.15) is 23.9 Å². The van der Waals surface area contributed by atoms with E-state index in [1.54, 1.807) is 6.92 Å². The zero-order chi connectivity index (χ0) is 14.6. The summed E-state index contributed by atoms with van der Waals surface area (Å²) in [4.78, 5) is 0.617. The SMILES string of the molecule is CCCN(CC(F)(F)F)c1c(F)cc(CO)cc1F. The van der Waals surface area contributed by atoms with Gasteiger partial charge in [0.25, 0.3) is 0 Å². The molecule has 1 aromatic rings. The van der Waals surface area contributed by atoms with Crippen molar-refractivity contribution in [2.45, 2.75) is 26.1 Å². The van der Waals surface area contributed by atoms with Gasteiger partial charge in [0.15, 0.2) is 0 Å². The number of anilines is 1. The fourth-order valence-electron chi connectivity index (χ4n) is 1.77. The Labute approximate surface area is 107 Å². The van der Waals surface area contributed by atoms with Crippen LogP contribution >= 0.6 is 0 Å². The Morgan fingerprint density at radius 2 is 1.68 bits per heavy atom. The number of halogens is 5. The second kappa shape index (κ2) is 6.18. The lowest BCUT2D eigenvalue weighted by Crippen LogP contribution is -2.36. The van der Waals surface area contributed by atoms with Gasteiger partial charge in [-0.1, -0.05) is 6.92 Å². The minimum atomic E-state index is -4.55. The van der Waals surface area contributed by atoms with E-state index in [-0.39, 0.29) is 12.1 Å². The predicted molar refractivity (Wildman–Crippen MR) is 60.8 cm³/mol. The van der Waals surface area contributed by atoms with E-state index in [1.807, 2.05) is 0 Å². The summed E-state index contributed by atoms with van der Waals surface area (Å²) in [7, 11) is 0. The zero-order valence-electron chi connectivity index (χ0n) is 10.3. The molecule has 0 aliphatic rings. The molecule has 108 valence electrons. The summed E-state index contributed by atoms with van der Waals surface area (Å²) in [5, 5.41) is 8.78. The summed E-state index contributed by atoms with van der Waals surface area (Å²) in [6.07, 6.45) is -4.24. The van der Waals surface area contributed by atoms with Crippen LogP contribution in [0.15, 0.2) is 12.1 Å². The van der Waals surface area contributed by atoms with Crippen molar-refractivity contribution in [3.05, 3.63) is 29.3 Å². The van der Waals surface area contributed by atoms with Crippen molar-refractivity contribution in [2.24, 2.45) is 0 Å². The van der Waals surface area contributed by atoms with Crippen molar-refractivity contribution < 1.29 is 27.1 Å². The first-order valence-corrected chi connectivity index (χ1v) is 5.69. The Bertz CT molecular complexity index is 410. The van der Waals surface area contributed by atoms with E-state index in [0.29, 0.717) is 11.3 Å². The molecule has 0 bridgehead atoms. The number of benzene rings is 1. The van der Waals surface area contributed by atoms with Crippen LogP contribution in [0.3, 0.4) is 0 Å². The zero-order valence-corrected chi connectivity index (χ0v) is 10.3. The Morgan fingerprint density at radius 1 is 1.16 bits per heavy atom. The fourth-order valence-corrected chi connectivity index (χ4v) is 1.77. The van der Waals surface area contributed by atoms with Gasteiger partial charge in [-0.25, -0.2) is 8.78 Å². The molecule has 1 N–H and O–H groups in total. The Morgan fingerprint density at radius 3 is 2.05 bits per heavy atom. The Balaban J connectivity index is 3.15. The van der Waals surface area contributed by atoms with Crippen LogP contribution in [0.4, 0.5) is 27.6 Å². The third kappa shape index (κ3) is 4.34. The van der Waals surface area contributed by atoms with Crippen LogP contribution in [0, 0.1) is 11.6 Å². The van der Waals surface area contributed by atoms with Crippen LogP contribution in [0.25, 0.3) is 0 Å². The van der Waals surface area contributed by atoms with Crippen molar-refractivity contribution in [1.29, 1.82) is 0 Å². The topological polar surface area (TPSA) is 23.5 Å². The summed E-state index contributed by atoms with van der Waals surface area (Å²) in [6.45, 7) is -0.512. The number of nitrogens with zero attached hydrogens (tertiary/aromatic N) is 1. The first-order chi connectivity index (χ1) is 8.78. The summed E-state index contributed by atoms with van der Waals surface area (Å²) in [5.74, 6) is -2.22. The Kier molecular flexibility index (Phi) is 5.11. The van der Waals surface area contributed by atoms with Gasteiger partial charge in [-0.15, -0.1) is 0 Å². The molecule has 0 aliphatic heterocycles. The maximum atomic E-state index is 13.7. The van der Waals surface area contributed by atoms with Crippen LogP contribution < -0.4 is 4.90 Å². The molecule has 0 heterocycles. The van der Waals surface area contributed by atoms with Gasteiger partial charge in [-0.05, 0) is 24.1 Å². The molecule has 0 aliphatic carbocycles. The van der Waals surface area contributed by atoms with Crippen LogP contribution in [-0.2, 0) is 6.61 Å². The average Bonchev–Trinajstić information content (AvgIpc) is 2.26. The molecule has 1 rings (SSSR count). The molecule has 7 heteroatoms. The van der Waals surface area contributed by atoms with E-state index in [2.05, 4.69) is 0 Å². The molecule has 19 heavy (non-hydrogen) atoms. The fraction of sp³-hybridized carbons (Fsp3) is 0.500. The quantitative estimate of drug-likeness (QED) is 0.839. The normalized spacial score (nSPS) is 11.7. The van der Waals surface area contributed by atoms with Crippen LogP contribution in [0.2, 0.25) is 0 Å². The number of rotatable bonds is 5. The molecule has 0 aromatic heterocycles. The van der Waals surface area contributed by atoms with Crippen molar-refractivity contribution in [2.75, 3.05) is 18.0 Å². The number of aliphatic hydroxyl groups excluding tert-OH is 1. The van der Waals surface area contributed by atoms with E-state index in [4.69, 9.17) is 5.11 Å². The highest BCUT2D eigenvalue weighted by molar-refractivity contribution is 5.51. The average molecular weight is 283 g/mol. The van der Waals surface area contributed by atoms with Gasteiger partial charge >= 0.3 is 6.18 Å². The molecule has 0 saturated carbocycles. The maximum Gasteiger partial charge on any atom is 0.405 e. The molecule has 0 radical (unpaired) electrons. The van der Waals surface area contributed by atoms with Gasteiger partial charge in [0, 0.05) is 6.54 Å². The highest BCUT2D eigenvalue weighted by Gasteiger charge is 2.32. The minimum absolute atomic E-state index is 0.0257. The maximum absolute atomic E-state index is 13.7. The molecule has 1 aromatic carbocycles. The standard InChI is InChI=1S/C12H14F5NO/c1-2-3-18(7-12(15,16)17)11-9(13)4-8(6-19)5-10(11)14/h4-5,19H,2-3,6-7H2,1H3. The highest BCUT2D eigenvalue weighted by atomic mass is 19.4. The van der Waals surface area contributed by atoms with Crippen LogP contribution in [-0.4, -0.2) is 24.4 Å². The van der Waals surface area contributed by atoms with Crippen molar-refractivity contribution >= 4 is 5.69 Å². The highest BCUT2D eigenvalue weighted by Crippen LogP contribution is 2.28. The number of hydrogen-bond donors (Lipinski definition) is 1. The first kappa shape index (κ1) is 15.7. The molecule has 0 unspecified atom stereocenters. The van der Waals surface area contributed by atoms with Gasteiger partial charge in [0.05, 0.1) is 6.61 Å². The van der Waals surface area contributed by atoms with E-state index < -0.39 is 36.6 Å². The molecule has 0 atom stereocenters. The third-order valence-electron chi connectivity index (χ3n) is 2.44. The second-order valence-corrected chi connectivity index (χ2v) is 4.10. The van der Waals surface area contributed by atoms with Crippen molar-refractivity contribution in [1.82, 2.24) is 0 Å². The molecule has 0 spiro atoms. The predicted octanol–water partition coefficient (Wildman–Crippen LogP) is 3.24. The van der Waals surface area contributed by atoms with Crippen LogP contribution in [0.1, 0.15) is 18.9 Å². The molecular weight excluding hydrogens is 269 g/mol. The van der Waals surface area contributed by atoms with Gasteiger partial charge in [-0.3, -0.25) is 0 Å². The largest absolute Gasteiger partial charge is 0.405 e. The van der Waals surface area contributed by atoms with Gasteiger partial charge in [-0.2, -0.15) is 13.2 Å². The third-order valence-corrected chi connectivity index (χ3v) is 2.44. The molecule has 0 amide bonds. The Hall–Kier alpha value is -1.37. The van der Waals surface area contributed by atoms with Crippen molar-refractivity contribution in [3.8, 4) is 0 Å². The van der Waals surface area contributed by atoms with Crippen molar-refractivity contribution in [3.63, 3.8) is 0 Å². The van der Waals surface area contributed by atoms with E-state index in [1.165, 1.54) is 0 Å². The van der Waals surface area contributed by atoms with Gasteiger partial charge in [0.2, 0.25) is 0 Å². The lowest BCUT2D eigenvalue weighted by Gasteiger charge is -2.26. The number of alkyl halides is 3. The number of aliphatic hydroxyl groups is 1. The minimum Gasteiger partial charge on any atom is -0.392 e. The summed E-state index contributed by atoms with van der Waals surface area (Å²) in [6, 6.07) is 1.66. The first-order valence-electron chi connectivity index (χ1n) is 5.69. The lowest BCUT2D eigenvalue weighted by atomic mass is 10.1. The lowest BCUT2D eigenvalue weighted by molar-refractivity contribution is -0.119. The molecule has 0 fully saturated rings. The van der Waals surface area contributed by atoms with E-state index in [9.17, 15) is 22.0 Å². The summed E-state index contributed by atoms with van der Waals surface area (Å²) >= 11 is 0. The van der Waals surface area contributed by atoms with E-state index >= 15 is 0 Å². The van der Waals surface area contributed by atoms with Gasteiger partial charge < -0.3 is 10.0 Å². The number of hydrogen-bond acceptors (Lipinski definition) is 2. The van der Waals surface area contributed by atoms with E-state index in [0.717, 1.165) is 12.1 Å². The molecule has 0 saturated heterocycles.